The van der Waals surface area contributed by atoms with Crippen LogP contribution in [0.25, 0.3) is 0 Å². The smallest absolute Gasteiger partial charge is 0.247 e. The van der Waals surface area contributed by atoms with E-state index in [-0.39, 0.29) is 23.8 Å². The van der Waals surface area contributed by atoms with Crippen LogP contribution in [-0.2, 0) is 4.79 Å². The number of nitrogens with one attached hydrogen (secondary N) is 2. The highest BCUT2D eigenvalue weighted by Crippen LogP contribution is 2.38. The average molecular weight is 435 g/mol. The summed E-state index contributed by atoms with van der Waals surface area (Å²) in [5.41, 5.74) is 1.14. The number of amides is 1. The first-order valence-corrected chi connectivity index (χ1v) is 10.0. The van der Waals surface area contributed by atoms with Crippen molar-refractivity contribution >= 4 is 23.4 Å². The fourth-order valence-corrected chi connectivity index (χ4v) is 4.23. The second kappa shape index (κ2) is 7.26. The fraction of sp³-hybridized carbons (Fsp3) is 0.450. The maximum Gasteiger partial charge on any atom is 0.247 e. The highest BCUT2D eigenvalue weighted by molar-refractivity contribution is 6.04. The van der Waals surface area contributed by atoms with E-state index >= 15 is 0 Å². The van der Waals surface area contributed by atoms with Crippen LogP contribution in [0.2, 0.25) is 0 Å². The number of anilines is 3. The molecule has 164 valence electrons. The molecule has 3 N–H and O–H groups in total. The molecule has 2 atom stereocenters. The second-order valence-electron chi connectivity index (χ2n) is 8.13. The number of ether oxygens (including phenoxy) is 1. The topological polar surface area (TPSA) is 99.6 Å². The fourth-order valence-electron chi connectivity index (χ4n) is 4.23. The number of aryl methyl sites for hydroxylation is 1. The van der Waals surface area contributed by atoms with Gasteiger partial charge in [-0.25, -0.2) is 18.2 Å². The van der Waals surface area contributed by atoms with Gasteiger partial charge in [-0.05, 0) is 6.92 Å². The van der Waals surface area contributed by atoms with Gasteiger partial charge in [0.1, 0.15) is 23.6 Å². The van der Waals surface area contributed by atoms with Crippen molar-refractivity contribution in [2.75, 3.05) is 22.1 Å². The van der Waals surface area contributed by atoms with Crippen molar-refractivity contribution in [3.05, 3.63) is 35.3 Å². The summed E-state index contributed by atoms with van der Waals surface area (Å²) >= 11 is 0. The van der Waals surface area contributed by atoms with Crippen LogP contribution in [-0.4, -0.2) is 51.8 Å². The number of nitrogens with zero attached hydrogens (tertiary/aromatic N) is 3. The molecule has 31 heavy (non-hydrogen) atoms. The SMILES string of the molecule is Cc1nc(NC2CC(Oc3cc(F)c(F)c(F)c3)C2)nc2c1NC(=O)[C@@H]1C[C@@H](O)CN21. The van der Waals surface area contributed by atoms with Crippen molar-refractivity contribution in [3.63, 3.8) is 0 Å². The van der Waals surface area contributed by atoms with Crippen molar-refractivity contribution in [2.24, 2.45) is 0 Å². The molecule has 2 aromatic rings. The third-order valence-corrected chi connectivity index (χ3v) is 5.86. The van der Waals surface area contributed by atoms with E-state index in [1.807, 2.05) is 0 Å². The predicted molar refractivity (Wildman–Crippen MR) is 105 cm³/mol. The third kappa shape index (κ3) is 3.52. The number of aliphatic hydroxyl groups is 1. The van der Waals surface area contributed by atoms with Crippen LogP contribution in [0.1, 0.15) is 25.0 Å². The minimum Gasteiger partial charge on any atom is -0.490 e. The Kier molecular flexibility index (Phi) is 4.65. The lowest BCUT2D eigenvalue weighted by Crippen LogP contribution is -2.45. The van der Waals surface area contributed by atoms with Gasteiger partial charge >= 0.3 is 0 Å². The number of carbonyl (C=O) groups excluding carboxylic acids is 1. The lowest BCUT2D eigenvalue weighted by Gasteiger charge is -2.36. The molecule has 1 saturated carbocycles. The molecule has 0 unspecified atom stereocenters. The molecule has 3 heterocycles. The summed E-state index contributed by atoms with van der Waals surface area (Å²) in [7, 11) is 0. The minimum absolute atomic E-state index is 0.0178. The molecule has 11 heteroatoms. The molecule has 1 aliphatic carbocycles. The Morgan fingerprint density at radius 3 is 2.61 bits per heavy atom. The first kappa shape index (κ1) is 19.9. The summed E-state index contributed by atoms with van der Waals surface area (Å²) in [4.78, 5) is 23.0. The van der Waals surface area contributed by atoms with Crippen molar-refractivity contribution < 1.29 is 27.8 Å². The number of halogens is 3. The molecule has 8 nitrogen and oxygen atoms in total. The van der Waals surface area contributed by atoms with Crippen LogP contribution in [0.5, 0.6) is 5.75 Å². The molecule has 2 fully saturated rings. The lowest BCUT2D eigenvalue weighted by molar-refractivity contribution is -0.117. The molecule has 0 spiro atoms. The van der Waals surface area contributed by atoms with E-state index < -0.39 is 29.6 Å². The molecule has 2 aliphatic heterocycles. The minimum atomic E-state index is -1.52. The molecular weight excluding hydrogens is 415 g/mol. The number of hydrogen-bond donors (Lipinski definition) is 3. The quantitative estimate of drug-likeness (QED) is 0.633. The van der Waals surface area contributed by atoms with Crippen LogP contribution in [0.4, 0.5) is 30.6 Å². The van der Waals surface area contributed by atoms with E-state index in [0.29, 0.717) is 49.0 Å². The van der Waals surface area contributed by atoms with Gasteiger partial charge in [0.25, 0.3) is 0 Å². The Morgan fingerprint density at radius 2 is 1.90 bits per heavy atom. The highest BCUT2D eigenvalue weighted by Gasteiger charge is 2.42. The van der Waals surface area contributed by atoms with Crippen molar-refractivity contribution in [2.45, 2.75) is 50.5 Å². The number of hydrogen-bond acceptors (Lipinski definition) is 7. The molecular formula is C20H20F3N5O3. The standard InChI is InChI=1S/C20H20F3N5O3/c1-8-17-18(28-7-10(29)4-15(28)19(30)26-17)27-20(24-8)25-9-2-11(3-9)31-12-5-13(21)16(23)14(22)6-12/h5-6,9-11,15,29H,2-4,7H2,1H3,(H,26,30)(H,24,25,27)/t9?,10-,11?,15+/m1/s1. The summed E-state index contributed by atoms with van der Waals surface area (Å²) in [6.07, 6.45) is 0.560. The second-order valence-corrected chi connectivity index (χ2v) is 8.13. The Balaban J connectivity index is 1.25. The van der Waals surface area contributed by atoms with Crippen molar-refractivity contribution in [3.8, 4) is 5.75 Å². The van der Waals surface area contributed by atoms with Gasteiger partial charge in [-0.2, -0.15) is 4.98 Å². The van der Waals surface area contributed by atoms with Gasteiger partial charge in [0.05, 0.1) is 11.8 Å². The van der Waals surface area contributed by atoms with Crippen LogP contribution >= 0.6 is 0 Å². The highest BCUT2D eigenvalue weighted by atomic mass is 19.2. The first-order chi connectivity index (χ1) is 14.8. The number of aliphatic hydroxyl groups excluding tert-OH is 1. The molecule has 1 amide bonds. The van der Waals surface area contributed by atoms with Crippen LogP contribution in [0, 0.1) is 24.4 Å². The summed E-state index contributed by atoms with van der Waals surface area (Å²) in [5.74, 6) is -3.39. The summed E-state index contributed by atoms with van der Waals surface area (Å²) < 4.78 is 45.2. The van der Waals surface area contributed by atoms with Crippen LogP contribution in [0.15, 0.2) is 12.1 Å². The Morgan fingerprint density at radius 1 is 1.19 bits per heavy atom. The first-order valence-electron chi connectivity index (χ1n) is 10.0. The van der Waals surface area contributed by atoms with Crippen LogP contribution < -0.4 is 20.3 Å². The number of rotatable bonds is 4. The van der Waals surface area contributed by atoms with Crippen molar-refractivity contribution in [1.82, 2.24) is 9.97 Å². The van der Waals surface area contributed by atoms with Gasteiger partial charge in [0, 0.05) is 44.0 Å². The zero-order chi connectivity index (χ0) is 21.9. The molecule has 1 aromatic heterocycles. The zero-order valence-corrected chi connectivity index (χ0v) is 16.5. The van der Waals surface area contributed by atoms with Gasteiger partial charge in [0.15, 0.2) is 23.3 Å². The molecule has 1 saturated heterocycles. The van der Waals surface area contributed by atoms with E-state index in [1.165, 1.54) is 0 Å². The van der Waals surface area contributed by atoms with Crippen molar-refractivity contribution in [1.29, 1.82) is 0 Å². The number of benzene rings is 1. The van der Waals surface area contributed by atoms with Gasteiger partial charge in [-0.15, -0.1) is 0 Å². The van der Waals surface area contributed by atoms with Crippen LogP contribution in [0.3, 0.4) is 0 Å². The zero-order valence-electron chi connectivity index (χ0n) is 16.5. The average Bonchev–Trinajstić information content (AvgIpc) is 3.08. The number of fused-ring (bicyclic) bond motifs is 3. The molecule has 0 bridgehead atoms. The predicted octanol–water partition coefficient (Wildman–Crippen LogP) is 2.12. The third-order valence-electron chi connectivity index (χ3n) is 5.86. The van der Waals surface area contributed by atoms with Gasteiger partial charge in [-0.1, -0.05) is 0 Å². The van der Waals surface area contributed by atoms with E-state index in [4.69, 9.17) is 4.74 Å². The lowest BCUT2D eigenvalue weighted by atomic mass is 9.89. The monoisotopic (exact) mass is 435 g/mol. The molecule has 3 aliphatic rings. The maximum absolute atomic E-state index is 13.3. The van der Waals surface area contributed by atoms with Gasteiger partial charge in [0.2, 0.25) is 11.9 Å². The normalized spacial score (nSPS) is 26.6. The number of aromatic nitrogens is 2. The Hall–Kier alpha value is -3.08. The van der Waals surface area contributed by atoms with E-state index in [1.54, 1.807) is 11.8 Å². The summed E-state index contributed by atoms with van der Waals surface area (Å²) in [5, 5.41) is 16.0. The van der Waals surface area contributed by atoms with Gasteiger partial charge < -0.3 is 25.4 Å². The molecule has 1 aromatic carbocycles. The van der Waals surface area contributed by atoms with E-state index in [2.05, 4.69) is 20.6 Å². The van der Waals surface area contributed by atoms with E-state index in [9.17, 15) is 23.1 Å². The molecule has 5 rings (SSSR count). The summed E-state index contributed by atoms with van der Waals surface area (Å²) in [6, 6.07) is 1.17. The summed E-state index contributed by atoms with van der Waals surface area (Å²) in [6.45, 7) is 2.09. The Labute approximate surface area is 175 Å². The van der Waals surface area contributed by atoms with E-state index in [0.717, 1.165) is 12.1 Å². The molecule has 0 radical (unpaired) electrons. The maximum atomic E-state index is 13.3. The van der Waals surface area contributed by atoms with Gasteiger partial charge in [-0.3, -0.25) is 4.79 Å². The largest absolute Gasteiger partial charge is 0.490 e. The number of carbonyl (C=O) groups is 1. The Bertz CT molecular complexity index is 1040.